The fraction of sp³-hybridized carbons (Fsp3) is 0.400. The summed E-state index contributed by atoms with van der Waals surface area (Å²) in [6.45, 7) is 2.93. The minimum atomic E-state index is -0.561. The summed E-state index contributed by atoms with van der Waals surface area (Å²) in [7, 11) is 0. The van der Waals surface area contributed by atoms with Crippen LogP contribution in [-0.2, 0) is 14.2 Å². The van der Waals surface area contributed by atoms with E-state index >= 15 is 0 Å². The third-order valence-electron chi connectivity index (χ3n) is 4.95. The molecule has 2 heterocycles. The van der Waals surface area contributed by atoms with Gasteiger partial charge in [-0.15, -0.1) is 0 Å². The van der Waals surface area contributed by atoms with Crippen molar-refractivity contribution >= 4 is 28.6 Å². The molecule has 4 rings (SSSR count). The van der Waals surface area contributed by atoms with E-state index in [1.165, 1.54) is 0 Å². The Hall–Kier alpha value is -2.84. The predicted octanol–water partition coefficient (Wildman–Crippen LogP) is 2.24. The van der Waals surface area contributed by atoms with Crippen LogP contribution >= 0.6 is 0 Å². The topological polar surface area (TPSA) is 97.9 Å². The van der Waals surface area contributed by atoms with Crippen molar-refractivity contribution in [1.29, 1.82) is 0 Å². The molecule has 0 radical (unpaired) electrons. The summed E-state index contributed by atoms with van der Waals surface area (Å²) in [6, 6.07) is 12.9. The maximum absolute atomic E-state index is 12.4. The van der Waals surface area contributed by atoms with Gasteiger partial charge in [0.05, 0.1) is 24.9 Å². The maximum atomic E-state index is 12.4. The second-order valence-electron chi connectivity index (χ2n) is 6.80. The normalized spacial score (nSPS) is 25.9. The molecule has 0 bridgehead atoms. The van der Waals surface area contributed by atoms with Gasteiger partial charge in [-0.3, -0.25) is 5.32 Å². The van der Waals surface area contributed by atoms with E-state index in [-0.39, 0.29) is 24.8 Å². The fourth-order valence-electron chi connectivity index (χ4n) is 3.68. The molecule has 0 saturated carbocycles. The molecule has 3 N–H and O–H groups in total. The third-order valence-corrected chi connectivity index (χ3v) is 4.95. The second-order valence-corrected chi connectivity index (χ2v) is 6.80. The Morgan fingerprint density at radius 2 is 1.86 bits per heavy atom. The lowest BCUT2D eigenvalue weighted by Crippen LogP contribution is -2.48. The van der Waals surface area contributed by atoms with Crippen LogP contribution in [0.1, 0.15) is 6.92 Å². The molecule has 2 fully saturated rings. The first kappa shape index (κ1) is 18.5. The SMILES string of the molecule is CCNC(=O)N[C@H]1CO[C@H]2[C@@H]1OC[C@H]2OC(=O)Nc1cccc2ccccc12. The molecule has 2 aliphatic heterocycles. The van der Waals surface area contributed by atoms with Crippen LogP contribution in [0.3, 0.4) is 0 Å². The third kappa shape index (κ3) is 3.74. The number of ether oxygens (including phenoxy) is 3. The minimum absolute atomic E-state index is 0.228. The number of urea groups is 1. The quantitative estimate of drug-likeness (QED) is 0.750. The number of hydrogen-bond acceptors (Lipinski definition) is 5. The molecule has 3 amide bonds. The Balaban J connectivity index is 1.36. The zero-order valence-electron chi connectivity index (χ0n) is 15.5. The first-order valence-electron chi connectivity index (χ1n) is 9.38. The number of hydrogen-bond donors (Lipinski definition) is 3. The van der Waals surface area contributed by atoms with Crippen LogP contribution in [0, 0.1) is 0 Å². The maximum Gasteiger partial charge on any atom is 0.412 e. The average molecular weight is 385 g/mol. The minimum Gasteiger partial charge on any atom is -0.441 e. The number of rotatable bonds is 4. The van der Waals surface area contributed by atoms with Gasteiger partial charge < -0.3 is 24.8 Å². The van der Waals surface area contributed by atoms with Crippen molar-refractivity contribution in [3.63, 3.8) is 0 Å². The van der Waals surface area contributed by atoms with E-state index < -0.39 is 18.3 Å². The molecule has 28 heavy (non-hydrogen) atoms. The summed E-state index contributed by atoms with van der Waals surface area (Å²) in [6.07, 6.45) is -1.82. The van der Waals surface area contributed by atoms with Crippen LogP contribution in [0.5, 0.6) is 0 Å². The molecule has 2 saturated heterocycles. The molecule has 148 valence electrons. The Morgan fingerprint density at radius 1 is 1.07 bits per heavy atom. The van der Waals surface area contributed by atoms with Crippen molar-refractivity contribution in [1.82, 2.24) is 10.6 Å². The highest BCUT2D eigenvalue weighted by Crippen LogP contribution is 2.29. The van der Waals surface area contributed by atoms with Crippen molar-refractivity contribution < 1.29 is 23.8 Å². The van der Waals surface area contributed by atoms with E-state index in [1.807, 2.05) is 49.4 Å². The van der Waals surface area contributed by atoms with Gasteiger partial charge in [0, 0.05) is 11.9 Å². The molecule has 0 aliphatic carbocycles. The van der Waals surface area contributed by atoms with E-state index in [1.54, 1.807) is 0 Å². The van der Waals surface area contributed by atoms with E-state index in [0.29, 0.717) is 18.8 Å². The summed E-state index contributed by atoms with van der Waals surface area (Å²) in [5.41, 5.74) is 0.682. The van der Waals surface area contributed by atoms with E-state index in [2.05, 4.69) is 16.0 Å². The van der Waals surface area contributed by atoms with Crippen LogP contribution in [0.25, 0.3) is 10.8 Å². The molecule has 0 unspecified atom stereocenters. The van der Waals surface area contributed by atoms with Gasteiger partial charge in [0.1, 0.15) is 12.2 Å². The van der Waals surface area contributed by atoms with Gasteiger partial charge in [-0.25, -0.2) is 9.59 Å². The van der Waals surface area contributed by atoms with Gasteiger partial charge >= 0.3 is 12.1 Å². The number of amides is 3. The van der Waals surface area contributed by atoms with Gasteiger partial charge in [-0.2, -0.15) is 0 Å². The van der Waals surface area contributed by atoms with Gasteiger partial charge in [-0.05, 0) is 18.4 Å². The average Bonchev–Trinajstić information content (AvgIpc) is 3.26. The number of carbonyl (C=O) groups excluding carboxylic acids is 2. The van der Waals surface area contributed by atoms with E-state index in [9.17, 15) is 9.59 Å². The monoisotopic (exact) mass is 385 g/mol. The molecule has 0 spiro atoms. The highest BCUT2D eigenvalue weighted by atomic mass is 16.6. The van der Waals surface area contributed by atoms with Gasteiger partial charge in [-0.1, -0.05) is 36.4 Å². The molecule has 2 aromatic carbocycles. The highest BCUT2D eigenvalue weighted by Gasteiger charge is 2.50. The summed E-state index contributed by atoms with van der Waals surface area (Å²) in [5, 5.41) is 10.3. The number of nitrogens with one attached hydrogen (secondary N) is 3. The fourth-order valence-corrected chi connectivity index (χ4v) is 3.68. The molecule has 2 aromatic rings. The van der Waals surface area contributed by atoms with Gasteiger partial charge in [0.2, 0.25) is 0 Å². The molecule has 2 aliphatic rings. The Morgan fingerprint density at radius 3 is 2.71 bits per heavy atom. The van der Waals surface area contributed by atoms with Crippen molar-refractivity contribution in [2.45, 2.75) is 31.3 Å². The second kappa shape index (κ2) is 8.04. The van der Waals surface area contributed by atoms with Crippen LogP contribution in [-0.4, -0.2) is 56.2 Å². The zero-order valence-corrected chi connectivity index (χ0v) is 15.5. The van der Waals surface area contributed by atoms with Gasteiger partial charge in [0.15, 0.2) is 6.10 Å². The predicted molar refractivity (Wildman–Crippen MR) is 103 cm³/mol. The lowest BCUT2D eigenvalue weighted by atomic mass is 10.1. The van der Waals surface area contributed by atoms with E-state index in [0.717, 1.165) is 10.8 Å². The number of anilines is 1. The molecule has 4 atom stereocenters. The highest BCUT2D eigenvalue weighted by molar-refractivity contribution is 6.00. The Bertz CT molecular complexity index is 869. The summed E-state index contributed by atoms with van der Waals surface area (Å²) in [4.78, 5) is 24.1. The largest absolute Gasteiger partial charge is 0.441 e. The first-order valence-corrected chi connectivity index (χ1v) is 9.38. The van der Waals surface area contributed by atoms with Crippen LogP contribution in [0.15, 0.2) is 42.5 Å². The van der Waals surface area contributed by atoms with Crippen molar-refractivity contribution in [3.8, 4) is 0 Å². The zero-order chi connectivity index (χ0) is 19.5. The van der Waals surface area contributed by atoms with E-state index in [4.69, 9.17) is 14.2 Å². The standard InChI is InChI=1S/C20H23N3O5/c1-2-21-19(24)22-15-10-26-18-16(11-27-17(15)18)28-20(25)23-14-9-5-7-12-6-3-4-8-13(12)14/h3-9,15-18H,2,10-11H2,1H3,(H,23,25)(H2,21,22,24)/t15-,16+,17+,18+/m0/s1. The van der Waals surface area contributed by atoms with Crippen LogP contribution < -0.4 is 16.0 Å². The lowest BCUT2D eigenvalue weighted by Gasteiger charge is -2.18. The smallest absolute Gasteiger partial charge is 0.412 e. The number of benzene rings is 2. The summed E-state index contributed by atoms with van der Waals surface area (Å²) >= 11 is 0. The number of fused-ring (bicyclic) bond motifs is 2. The molecular formula is C20H23N3O5. The van der Waals surface area contributed by atoms with Gasteiger partial charge in [0.25, 0.3) is 0 Å². The van der Waals surface area contributed by atoms with Crippen molar-refractivity contribution in [3.05, 3.63) is 42.5 Å². The molecule has 8 nitrogen and oxygen atoms in total. The van der Waals surface area contributed by atoms with Crippen molar-refractivity contribution in [2.75, 3.05) is 25.1 Å². The Kier molecular flexibility index (Phi) is 5.31. The summed E-state index contributed by atoms with van der Waals surface area (Å²) in [5.74, 6) is 0. The molecule has 0 aromatic heterocycles. The lowest BCUT2D eigenvalue weighted by molar-refractivity contribution is 0.00873. The van der Waals surface area contributed by atoms with Crippen LogP contribution in [0.4, 0.5) is 15.3 Å². The van der Waals surface area contributed by atoms with Crippen LogP contribution in [0.2, 0.25) is 0 Å². The summed E-state index contributed by atoms with van der Waals surface area (Å²) < 4.78 is 17.0. The number of carbonyl (C=O) groups is 2. The first-order chi connectivity index (χ1) is 13.7. The Labute approximate surface area is 162 Å². The molecule has 8 heteroatoms. The molecular weight excluding hydrogens is 362 g/mol. The van der Waals surface area contributed by atoms with Crippen molar-refractivity contribution in [2.24, 2.45) is 0 Å².